The molecule has 0 amide bonds. The fourth-order valence-corrected chi connectivity index (χ4v) is 3.42. The van der Waals surface area contributed by atoms with E-state index in [0.29, 0.717) is 40.5 Å². The molecule has 0 atom stereocenters. The molecule has 0 nitrogen and oxygen atoms in total. The van der Waals surface area contributed by atoms with Crippen LogP contribution in [0.1, 0.15) is 34.2 Å². The van der Waals surface area contributed by atoms with E-state index in [4.69, 9.17) is 0 Å². The highest BCUT2D eigenvalue weighted by Crippen LogP contribution is 2.21. The van der Waals surface area contributed by atoms with Gasteiger partial charge in [-0.2, -0.15) is 0 Å². The van der Waals surface area contributed by atoms with Gasteiger partial charge in [0.1, 0.15) is 11.6 Å². The lowest BCUT2D eigenvalue weighted by atomic mass is 10.1. The fraction of sp³-hybridized carbons (Fsp3) is 0.0667. The fourth-order valence-electron chi connectivity index (χ4n) is 3.42. The Balaban J connectivity index is 1.51. The molecule has 4 aromatic rings. The highest BCUT2D eigenvalue weighted by molar-refractivity contribution is 5.84. The summed E-state index contributed by atoms with van der Waals surface area (Å²) in [5, 5.41) is 0.761. The second-order valence-corrected chi connectivity index (χ2v) is 7.64. The second-order valence-electron chi connectivity index (χ2n) is 7.64. The predicted octanol–water partition coefficient (Wildman–Crippen LogP) is 7.31. The number of rotatable bonds is 3. The quantitative estimate of drug-likeness (QED) is 0.173. The van der Waals surface area contributed by atoms with Crippen LogP contribution in [-0.4, -0.2) is 0 Å². The van der Waals surface area contributed by atoms with E-state index < -0.39 is 23.3 Å². The molecule has 0 aliphatic carbocycles. The van der Waals surface area contributed by atoms with Crippen LogP contribution in [0.5, 0.6) is 0 Å². The predicted molar refractivity (Wildman–Crippen MR) is 127 cm³/mol. The van der Waals surface area contributed by atoms with Gasteiger partial charge in [-0.05, 0) is 78.4 Å². The lowest BCUT2D eigenvalue weighted by Crippen LogP contribution is -1.95. The molecule has 0 saturated carbocycles. The molecule has 0 N–H and O–H groups in total. The second kappa shape index (κ2) is 10.1. The molecule has 0 aliphatic rings. The summed E-state index contributed by atoms with van der Waals surface area (Å²) in [5.74, 6) is 8.20. The molecular weight excluding hydrogens is 436 g/mol. The summed E-state index contributed by atoms with van der Waals surface area (Å²) in [4.78, 5) is 0. The molecule has 0 heterocycles. The molecule has 166 valence electrons. The Morgan fingerprint density at radius 3 is 1.88 bits per heavy atom. The highest BCUT2D eigenvalue weighted by atomic mass is 19.2. The zero-order valence-corrected chi connectivity index (χ0v) is 18.1. The lowest BCUT2D eigenvalue weighted by Gasteiger charge is -2.03. The van der Waals surface area contributed by atoms with Crippen LogP contribution in [0.4, 0.5) is 17.6 Å². The van der Waals surface area contributed by atoms with Crippen LogP contribution in [0.2, 0.25) is 0 Å². The Morgan fingerprint density at radius 1 is 0.647 bits per heavy atom. The zero-order chi connectivity index (χ0) is 24.1. The minimum Gasteiger partial charge on any atom is -0.206 e. The van der Waals surface area contributed by atoms with Gasteiger partial charge in [-0.1, -0.05) is 41.9 Å². The largest absolute Gasteiger partial charge is 0.206 e. The normalized spacial score (nSPS) is 10.2. The lowest BCUT2D eigenvalue weighted by molar-refractivity contribution is 0.517. The van der Waals surface area contributed by atoms with Crippen molar-refractivity contribution in [2.75, 3.05) is 0 Å². The number of halogens is 4. The van der Waals surface area contributed by atoms with Crippen molar-refractivity contribution < 1.29 is 17.6 Å². The number of hydrogen-bond acceptors (Lipinski definition) is 0. The Labute approximate surface area is 195 Å². The van der Waals surface area contributed by atoms with Crippen LogP contribution in [0.15, 0.2) is 79.4 Å². The zero-order valence-electron chi connectivity index (χ0n) is 18.1. The summed E-state index contributed by atoms with van der Waals surface area (Å²) in [6.45, 7) is 3.61. The van der Waals surface area contributed by atoms with E-state index in [1.54, 1.807) is 42.5 Å². The number of allylic oxidation sites excluding steroid dienone is 1. The first-order chi connectivity index (χ1) is 16.4. The van der Waals surface area contributed by atoms with Crippen LogP contribution in [0.25, 0.3) is 10.8 Å². The first kappa shape index (κ1) is 22.9. The van der Waals surface area contributed by atoms with Gasteiger partial charge in [0.15, 0.2) is 11.6 Å². The molecule has 0 aromatic heterocycles. The standard InChI is InChI=1S/C30H18F4/c1-2-3-4-23-18-28(32)26(29(33)19-23)15-11-21-7-5-20(6-8-21)9-10-22-12-14-25-24(17-22)13-16-27(31)30(25)34/h2,5-8,12-14,16-19H,1,3-4H2. The van der Waals surface area contributed by atoms with E-state index in [9.17, 15) is 17.6 Å². The van der Waals surface area contributed by atoms with Gasteiger partial charge in [-0.25, -0.2) is 17.6 Å². The summed E-state index contributed by atoms with van der Waals surface area (Å²) in [7, 11) is 0. The SMILES string of the molecule is C=CCCc1cc(F)c(C#Cc2ccc(C#Cc3ccc4c(F)c(F)ccc4c3)cc2)c(F)c1. The molecule has 4 aromatic carbocycles. The molecule has 0 bridgehead atoms. The topological polar surface area (TPSA) is 0 Å². The minimum atomic E-state index is -0.888. The first-order valence-corrected chi connectivity index (χ1v) is 10.6. The van der Waals surface area contributed by atoms with Gasteiger partial charge in [0.25, 0.3) is 0 Å². The van der Waals surface area contributed by atoms with E-state index in [-0.39, 0.29) is 10.9 Å². The van der Waals surface area contributed by atoms with Crippen LogP contribution in [0, 0.1) is 47.0 Å². The van der Waals surface area contributed by atoms with E-state index in [2.05, 4.69) is 30.3 Å². The van der Waals surface area contributed by atoms with Crippen molar-refractivity contribution in [1.82, 2.24) is 0 Å². The summed E-state index contributed by atoms with van der Waals surface area (Å²) < 4.78 is 55.7. The highest BCUT2D eigenvalue weighted by Gasteiger charge is 2.09. The molecule has 4 heteroatoms. The van der Waals surface area contributed by atoms with Crippen molar-refractivity contribution in [3.05, 3.63) is 130 Å². The summed E-state index contributed by atoms with van der Waals surface area (Å²) in [6.07, 6.45) is 2.85. The average Bonchev–Trinajstić information content (AvgIpc) is 2.84. The Hall–Kier alpha value is -4.28. The van der Waals surface area contributed by atoms with Crippen molar-refractivity contribution in [3.8, 4) is 23.7 Å². The van der Waals surface area contributed by atoms with Crippen LogP contribution >= 0.6 is 0 Å². The van der Waals surface area contributed by atoms with Crippen LogP contribution in [-0.2, 0) is 6.42 Å². The van der Waals surface area contributed by atoms with Gasteiger partial charge in [0, 0.05) is 22.1 Å². The van der Waals surface area contributed by atoms with Crippen molar-refractivity contribution in [2.45, 2.75) is 12.8 Å². The number of hydrogen-bond donors (Lipinski definition) is 0. The molecule has 0 spiro atoms. The first-order valence-electron chi connectivity index (χ1n) is 10.6. The molecule has 34 heavy (non-hydrogen) atoms. The van der Waals surface area contributed by atoms with Crippen molar-refractivity contribution in [1.29, 1.82) is 0 Å². The van der Waals surface area contributed by atoms with Gasteiger partial charge in [-0.15, -0.1) is 6.58 Å². The molecule has 0 aliphatic heterocycles. The smallest absolute Gasteiger partial charge is 0.166 e. The van der Waals surface area contributed by atoms with E-state index in [1.165, 1.54) is 24.3 Å². The Kier molecular flexibility index (Phi) is 6.81. The van der Waals surface area contributed by atoms with Crippen molar-refractivity contribution in [3.63, 3.8) is 0 Å². The van der Waals surface area contributed by atoms with Crippen LogP contribution < -0.4 is 0 Å². The molecule has 0 radical (unpaired) electrons. The number of aryl methyl sites for hydroxylation is 1. The molecule has 0 fully saturated rings. The Bertz CT molecular complexity index is 1480. The average molecular weight is 454 g/mol. The van der Waals surface area contributed by atoms with Crippen molar-refractivity contribution in [2.24, 2.45) is 0 Å². The maximum Gasteiger partial charge on any atom is 0.166 e. The van der Waals surface area contributed by atoms with E-state index in [0.717, 1.165) is 6.07 Å². The van der Waals surface area contributed by atoms with E-state index in [1.807, 2.05) is 0 Å². The third kappa shape index (κ3) is 5.20. The summed E-state index contributed by atoms with van der Waals surface area (Å²) >= 11 is 0. The molecule has 0 saturated heterocycles. The third-order valence-corrected chi connectivity index (χ3v) is 5.21. The van der Waals surface area contributed by atoms with Gasteiger partial charge in [-0.3, -0.25) is 0 Å². The third-order valence-electron chi connectivity index (χ3n) is 5.21. The van der Waals surface area contributed by atoms with E-state index >= 15 is 0 Å². The van der Waals surface area contributed by atoms with Gasteiger partial charge in [0.05, 0.1) is 5.56 Å². The van der Waals surface area contributed by atoms with Crippen molar-refractivity contribution >= 4 is 10.8 Å². The summed E-state index contributed by atoms with van der Waals surface area (Å²) in [6, 6.07) is 16.9. The van der Waals surface area contributed by atoms with Crippen LogP contribution in [0.3, 0.4) is 0 Å². The minimum absolute atomic E-state index is 0.202. The van der Waals surface area contributed by atoms with Gasteiger partial charge < -0.3 is 0 Å². The monoisotopic (exact) mass is 454 g/mol. The molecule has 4 rings (SSSR count). The molecule has 0 unspecified atom stereocenters. The maximum atomic E-state index is 14.3. The number of fused-ring (bicyclic) bond motifs is 1. The summed E-state index contributed by atoms with van der Waals surface area (Å²) in [5.41, 5.74) is 2.25. The number of benzene rings is 4. The Morgan fingerprint density at radius 2 is 1.24 bits per heavy atom. The molecular formula is C30H18F4. The van der Waals surface area contributed by atoms with Gasteiger partial charge in [0.2, 0.25) is 0 Å². The maximum absolute atomic E-state index is 14.3. The van der Waals surface area contributed by atoms with Gasteiger partial charge >= 0.3 is 0 Å².